The Labute approximate surface area is 60.8 Å². The Balaban J connectivity index is 3.67. The van der Waals surface area contributed by atoms with Crippen molar-refractivity contribution >= 4 is 12.2 Å². The van der Waals surface area contributed by atoms with Crippen LogP contribution in [0.5, 0.6) is 0 Å². The molecular weight excluding hydrogens is 130 g/mol. The molecule has 3 nitrogen and oxygen atoms in total. The Kier molecular flexibility index (Phi) is 3.06. The minimum atomic E-state index is -0.439. The fraction of sp³-hybridized carbons (Fsp3) is 0.714. The predicted molar refractivity (Wildman–Crippen MR) is 38.5 cm³/mol. The van der Waals surface area contributed by atoms with Gasteiger partial charge in [-0.1, -0.05) is 13.8 Å². The van der Waals surface area contributed by atoms with E-state index in [-0.39, 0.29) is 5.91 Å². The second-order valence-electron chi connectivity index (χ2n) is 3.02. The van der Waals surface area contributed by atoms with Gasteiger partial charge in [0.2, 0.25) is 5.91 Å². The summed E-state index contributed by atoms with van der Waals surface area (Å²) in [6, 6.07) is 0. The van der Waals surface area contributed by atoms with Crippen LogP contribution in [0.4, 0.5) is 0 Å². The van der Waals surface area contributed by atoms with Gasteiger partial charge in [0.05, 0.1) is 0 Å². The molecule has 0 aliphatic heterocycles. The highest BCUT2D eigenvalue weighted by Crippen LogP contribution is 2.07. The van der Waals surface area contributed by atoms with Crippen molar-refractivity contribution in [3.63, 3.8) is 0 Å². The van der Waals surface area contributed by atoms with E-state index < -0.39 is 5.41 Å². The van der Waals surface area contributed by atoms with Gasteiger partial charge in [-0.15, -0.1) is 0 Å². The van der Waals surface area contributed by atoms with E-state index in [4.69, 9.17) is 0 Å². The number of carbonyl (C=O) groups is 2. The molecule has 0 radical (unpaired) electrons. The van der Waals surface area contributed by atoms with E-state index in [9.17, 15) is 9.59 Å². The lowest BCUT2D eigenvalue weighted by Crippen LogP contribution is -2.33. The van der Waals surface area contributed by atoms with Crippen molar-refractivity contribution in [3.05, 3.63) is 0 Å². The zero-order chi connectivity index (χ0) is 8.20. The number of hydrogen-bond acceptors (Lipinski definition) is 2. The van der Waals surface area contributed by atoms with Crippen LogP contribution in [-0.2, 0) is 9.59 Å². The van der Waals surface area contributed by atoms with Crippen molar-refractivity contribution in [1.82, 2.24) is 5.32 Å². The molecule has 0 heterocycles. The quantitative estimate of drug-likeness (QED) is 0.579. The smallest absolute Gasteiger partial charge is 0.216 e. The third-order valence-electron chi connectivity index (χ3n) is 1.11. The van der Waals surface area contributed by atoms with Gasteiger partial charge in [0, 0.05) is 18.9 Å². The van der Waals surface area contributed by atoms with Crippen molar-refractivity contribution in [3.8, 4) is 0 Å². The highest BCUT2D eigenvalue weighted by Gasteiger charge is 2.15. The van der Waals surface area contributed by atoms with Crippen molar-refractivity contribution in [2.24, 2.45) is 5.41 Å². The number of nitrogens with one attached hydrogen (secondary N) is 1. The van der Waals surface area contributed by atoms with Crippen LogP contribution in [0.1, 0.15) is 20.8 Å². The van der Waals surface area contributed by atoms with E-state index in [1.807, 2.05) is 0 Å². The number of amides is 1. The van der Waals surface area contributed by atoms with Crippen LogP contribution in [0.15, 0.2) is 0 Å². The van der Waals surface area contributed by atoms with Crippen molar-refractivity contribution in [1.29, 1.82) is 0 Å². The molecule has 0 bridgehead atoms. The molecule has 0 aromatic carbocycles. The first kappa shape index (κ1) is 9.14. The van der Waals surface area contributed by atoms with Gasteiger partial charge < -0.3 is 10.1 Å². The highest BCUT2D eigenvalue weighted by atomic mass is 16.1. The highest BCUT2D eigenvalue weighted by molar-refractivity contribution is 5.73. The van der Waals surface area contributed by atoms with Gasteiger partial charge in [-0.05, 0) is 0 Å². The SMILES string of the molecule is CC(=O)NCC(C)(C)C=O. The zero-order valence-electron chi connectivity index (χ0n) is 6.60. The topological polar surface area (TPSA) is 46.2 Å². The lowest BCUT2D eigenvalue weighted by atomic mass is 9.96. The molecule has 0 aliphatic rings. The monoisotopic (exact) mass is 143 g/mol. The molecule has 0 saturated carbocycles. The Morgan fingerprint density at radius 3 is 2.40 bits per heavy atom. The lowest BCUT2D eigenvalue weighted by molar-refractivity contribution is -0.120. The second-order valence-corrected chi connectivity index (χ2v) is 3.02. The summed E-state index contributed by atoms with van der Waals surface area (Å²) in [5, 5.41) is 2.57. The van der Waals surface area contributed by atoms with Crippen LogP contribution in [0.2, 0.25) is 0 Å². The third-order valence-corrected chi connectivity index (χ3v) is 1.11. The number of rotatable bonds is 3. The van der Waals surface area contributed by atoms with Crippen molar-refractivity contribution < 1.29 is 9.59 Å². The molecule has 58 valence electrons. The summed E-state index contributed by atoms with van der Waals surface area (Å²) in [5.41, 5.74) is -0.439. The number of hydrogen-bond donors (Lipinski definition) is 1. The van der Waals surface area contributed by atoms with E-state index in [1.165, 1.54) is 6.92 Å². The van der Waals surface area contributed by atoms with Gasteiger partial charge in [-0.25, -0.2) is 0 Å². The van der Waals surface area contributed by atoms with Crippen molar-refractivity contribution in [2.75, 3.05) is 6.54 Å². The Hall–Kier alpha value is -0.860. The first-order chi connectivity index (χ1) is 4.48. The summed E-state index contributed by atoms with van der Waals surface area (Å²) in [4.78, 5) is 20.7. The average Bonchev–Trinajstić information content (AvgIpc) is 1.85. The van der Waals surface area contributed by atoms with Gasteiger partial charge in [-0.2, -0.15) is 0 Å². The average molecular weight is 143 g/mol. The fourth-order valence-corrected chi connectivity index (χ4v) is 0.394. The lowest BCUT2D eigenvalue weighted by Gasteiger charge is -2.15. The molecule has 1 amide bonds. The molecule has 1 N–H and O–H groups in total. The molecule has 0 aliphatic carbocycles. The van der Waals surface area contributed by atoms with E-state index in [0.717, 1.165) is 6.29 Å². The second kappa shape index (κ2) is 3.34. The summed E-state index contributed by atoms with van der Waals surface area (Å²) < 4.78 is 0. The summed E-state index contributed by atoms with van der Waals surface area (Å²) in [7, 11) is 0. The minimum absolute atomic E-state index is 0.102. The van der Waals surface area contributed by atoms with Crippen LogP contribution < -0.4 is 5.32 Å². The fourth-order valence-electron chi connectivity index (χ4n) is 0.394. The van der Waals surface area contributed by atoms with Crippen LogP contribution in [-0.4, -0.2) is 18.7 Å². The molecule has 0 unspecified atom stereocenters. The van der Waals surface area contributed by atoms with Gasteiger partial charge >= 0.3 is 0 Å². The number of aldehydes is 1. The van der Waals surface area contributed by atoms with E-state index in [2.05, 4.69) is 5.32 Å². The Morgan fingerprint density at radius 2 is 2.10 bits per heavy atom. The molecular formula is C7H13NO2. The number of carbonyl (C=O) groups excluding carboxylic acids is 2. The largest absolute Gasteiger partial charge is 0.355 e. The maximum atomic E-state index is 10.4. The summed E-state index contributed by atoms with van der Waals surface area (Å²) in [6.45, 7) is 5.39. The van der Waals surface area contributed by atoms with E-state index in [0.29, 0.717) is 6.54 Å². The van der Waals surface area contributed by atoms with Gasteiger partial charge in [0.15, 0.2) is 0 Å². The first-order valence-corrected chi connectivity index (χ1v) is 3.19. The normalized spacial score (nSPS) is 10.7. The first-order valence-electron chi connectivity index (χ1n) is 3.19. The summed E-state index contributed by atoms with van der Waals surface area (Å²) in [6.07, 6.45) is 0.836. The summed E-state index contributed by atoms with van der Waals surface area (Å²) >= 11 is 0. The molecule has 0 aromatic heterocycles. The van der Waals surface area contributed by atoms with E-state index in [1.54, 1.807) is 13.8 Å². The van der Waals surface area contributed by atoms with Crippen LogP contribution in [0.3, 0.4) is 0 Å². The van der Waals surface area contributed by atoms with Crippen molar-refractivity contribution in [2.45, 2.75) is 20.8 Å². The molecule has 0 fully saturated rings. The van der Waals surface area contributed by atoms with Crippen LogP contribution in [0, 0.1) is 5.41 Å². The van der Waals surface area contributed by atoms with Gasteiger partial charge in [-0.3, -0.25) is 4.79 Å². The molecule has 0 aromatic rings. The predicted octanol–water partition coefficient (Wildman–Crippen LogP) is 0.348. The van der Waals surface area contributed by atoms with E-state index >= 15 is 0 Å². The van der Waals surface area contributed by atoms with Crippen LogP contribution >= 0.6 is 0 Å². The molecule has 0 saturated heterocycles. The molecule has 3 heteroatoms. The Bertz CT molecular complexity index is 141. The Morgan fingerprint density at radius 1 is 1.60 bits per heavy atom. The maximum Gasteiger partial charge on any atom is 0.216 e. The van der Waals surface area contributed by atoms with Gasteiger partial charge in [0.25, 0.3) is 0 Å². The maximum absolute atomic E-state index is 10.4. The summed E-state index contributed by atoms with van der Waals surface area (Å²) in [5.74, 6) is -0.102. The zero-order valence-corrected chi connectivity index (χ0v) is 6.60. The molecule has 0 spiro atoms. The molecule has 0 atom stereocenters. The molecule has 0 rings (SSSR count). The third kappa shape index (κ3) is 4.06. The minimum Gasteiger partial charge on any atom is -0.355 e. The van der Waals surface area contributed by atoms with Gasteiger partial charge in [0.1, 0.15) is 6.29 Å². The van der Waals surface area contributed by atoms with Crippen LogP contribution in [0.25, 0.3) is 0 Å². The standard InChI is InChI=1S/C7H13NO2/c1-6(10)8-4-7(2,3)5-9/h5H,4H2,1-3H3,(H,8,10). The molecule has 10 heavy (non-hydrogen) atoms.